The summed E-state index contributed by atoms with van der Waals surface area (Å²) in [5, 5.41) is 0. The highest BCUT2D eigenvalue weighted by Crippen LogP contribution is 2.26. The Balaban J connectivity index is 2.48. The molecule has 0 N–H and O–H groups in total. The topological polar surface area (TPSA) is 39.2 Å². The third-order valence-electron chi connectivity index (χ3n) is 2.98. The van der Waals surface area contributed by atoms with Crippen LogP contribution in [-0.2, 0) is 4.74 Å². The molecule has 2 rings (SSSR count). The third-order valence-corrected chi connectivity index (χ3v) is 2.98. The molecule has 20 heavy (non-hydrogen) atoms. The minimum absolute atomic E-state index is 0.289. The first kappa shape index (κ1) is 14.1. The average molecular weight is 277 g/mol. The van der Waals surface area contributed by atoms with Gasteiger partial charge in [0, 0.05) is 6.20 Å². The first-order valence-electron chi connectivity index (χ1n) is 5.96. The zero-order chi connectivity index (χ0) is 14.7. The number of hydrogen-bond acceptors (Lipinski definition) is 3. The molecule has 3 nitrogen and oxygen atoms in total. The number of carbonyl (C=O) groups excluding carboxylic acids is 1. The summed E-state index contributed by atoms with van der Waals surface area (Å²) in [4.78, 5) is 15.3. The fraction of sp³-hybridized carbons (Fsp3) is 0.200. The third kappa shape index (κ3) is 2.82. The largest absolute Gasteiger partial charge is 0.465 e. The summed E-state index contributed by atoms with van der Waals surface area (Å²) in [5.74, 6) is -0.451. The first-order chi connectivity index (χ1) is 9.52. The van der Waals surface area contributed by atoms with Gasteiger partial charge in [0.15, 0.2) is 0 Å². The SMILES string of the molecule is COC(=O)c1cc(-c2ccnc(C(F)F)c2)ccc1C. The lowest BCUT2D eigenvalue weighted by molar-refractivity contribution is 0.0600. The molecule has 0 bridgehead atoms. The van der Waals surface area contributed by atoms with Gasteiger partial charge in [-0.05, 0) is 41.8 Å². The smallest absolute Gasteiger partial charge is 0.338 e. The van der Waals surface area contributed by atoms with Gasteiger partial charge >= 0.3 is 5.97 Å². The van der Waals surface area contributed by atoms with Gasteiger partial charge in [0.05, 0.1) is 12.7 Å². The predicted octanol–water partition coefficient (Wildman–Crippen LogP) is 3.78. The summed E-state index contributed by atoms with van der Waals surface area (Å²) in [6.45, 7) is 1.78. The number of ether oxygens (including phenoxy) is 1. The van der Waals surface area contributed by atoms with Gasteiger partial charge in [-0.3, -0.25) is 4.98 Å². The minimum Gasteiger partial charge on any atom is -0.465 e. The molecule has 0 aliphatic rings. The lowest BCUT2D eigenvalue weighted by Crippen LogP contribution is -2.04. The van der Waals surface area contributed by atoms with Crippen molar-refractivity contribution in [2.75, 3.05) is 7.11 Å². The number of rotatable bonds is 3. The van der Waals surface area contributed by atoms with Crippen molar-refractivity contribution in [2.24, 2.45) is 0 Å². The number of halogens is 2. The van der Waals surface area contributed by atoms with Gasteiger partial charge in [0.2, 0.25) is 0 Å². The molecule has 0 unspecified atom stereocenters. The lowest BCUT2D eigenvalue weighted by atomic mass is 10.00. The maximum atomic E-state index is 12.7. The molecule has 0 spiro atoms. The summed E-state index contributed by atoms with van der Waals surface area (Å²) < 4.78 is 30.0. The molecule has 0 atom stereocenters. The maximum absolute atomic E-state index is 12.7. The van der Waals surface area contributed by atoms with Crippen LogP contribution in [0.15, 0.2) is 36.5 Å². The first-order valence-corrected chi connectivity index (χ1v) is 5.96. The molecule has 0 aliphatic heterocycles. The molecule has 1 aromatic carbocycles. The average Bonchev–Trinajstić information content (AvgIpc) is 2.47. The Bertz CT molecular complexity index is 642. The molecule has 0 radical (unpaired) electrons. The van der Waals surface area contributed by atoms with E-state index in [-0.39, 0.29) is 5.69 Å². The molecular formula is C15H13F2NO2. The summed E-state index contributed by atoms with van der Waals surface area (Å²) in [5.41, 5.74) is 2.15. The second-order valence-electron chi connectivity index (χ2n) is 4.29. The molecule has 0 aliphatic carbocycles. The maximum Gasteiger partial charge on any atom is 0.338 e. The molecule has 1 heterocycles. The van der Waals surface area contributed by atoms with Crippen molar-refractivity contribution in [1.82, 2.24) is 4.98 Å². The number of hydrogen-bond donors (Lipinski definition) is 0. The number of alkyl halides is 2. The van der Waals surface area contributed by atoms with Crippen LogP contribution in [0.5, 0.6) is 0 Å². The van der Waals surface area contributed by atoms with Crippen molar-refractivity contribution in [2.45, 2.75) is 13.3 Å². The predicted molar refractivity (Wildman–Crippen MR) is 70.7 cm³/mol. The van der Waals surface area contributed by atoms with Gasteiger partial charge < -0.3 is 4.74 Å². The second-order valence-corrected chi connectivity index (χ2v) is 4.29. The Morgan fingerprint density at radius 3 is 2.55 bits per heavy atom. The highest BCUT2D eigenvalue weighted by Gasteiger charge is 2.13. The van der Waals surface area contributed by atoms with Crippen molar-refractivity contribution in [3.8, 4) is 11.1 Å². The summed E-state index contributed by atoms with van der Waals surface area (Å²) in [6, 6.07) is 8.09. The minimum atomic E-state index is -2.62. The Morgan fingerprint density at radius 1 is 1.20 bits per heavy atom. The number of nitrogens with zero attached hydrogens (tertiary/aromatic N) is 1. The van der Waals surface area contributed by atoms with Gasteiger partial charge in [0.1, 0.15) is 5.69 Å². The van der Waals surface area contributed by atoms with Crippen LogP contribution in [0.25, 0.3) is 11.1 Å². The quantitative estimate of drug-likeness (QED) is 0.801. The van der Waals surface area contributed by atoms with E-state index in [9.17, 15) is 13.6 Å². The van der Waals surface area contributed by atoms with Crippen LogP contribution in [-0.4, -0.2) is 18.1 Å². The van der Waals surface area contributed by atoms with Gasteiger partial charge in [-0.25, -0.2) is 13.6 Å². The highest BCUT2D eigenvalue weighted by atomic mass is 19.3. The number of aryl methyl sites for hydroxylation is 1. The summed E-state index contributed by atoms with van der Waals surface area (Å²) >= 11 is 0. The van der Waals surface area contributed by atoms with Crippen LogP contribution in [0.2, 0.25) is 0 Å². The zero-order valence-electron chi connectivity index (χ0n) is 11.1. The molecule has 0 amide bonds. The second kappa shape index (κ2) is 5.77. The van der Waals surface area contributed by atoms with Crippen LogP contribution in [0.1, 0.15) is 28.0 Å². The van der Waals surface area contributed by atoms with Gasteiger partial charge in [-0.1, -0.05) is 12.1 Å². The molecule has 5 heteroatoms. The Kier molecular flexibility index (Phi) is 4.08. The Labute approximate surface area is 115 Å². The molecule has 0 fully saturated rings. The number of benzene rings is 1. The standard InChI is InChI=1S/C15H13F2NO2/c1-9-3-4-10(7-12(9)15(19)20-2)11-5-6-18-13(8-11)14(16)17/h3-8,14H,1-2H3. The Hall–Kier alpha value is -2.30. The van der Waals surface area contributed by atoms with Crippen molar-refractivity contribution in [3.63, 3.8) is 0 Å². The van der Waals surface area contributed by atoms with Gasteiger partial charge in [0.25, 0.3) is 6.43 Å². The van der Waals surface area contributed by atoms with Crippen molar-refractivity contribution >= 4 is 5.97 Å². The number of methoxy groups -OCH3 is 1. The highest BCUT2D eigenvalue weighted by molar-refractivity contribution is 5.92. The van der Waals surface area contributed by atoms with E-state index in [2.05, 4.69) is 4.98 Å². The molecule has 0 saturated heterocycles. The van der Waals surface area contributed by atoms with E-state index < -0.39 is 12.4 Å². The van der Waals surface area contributed by atoms with Crippen molar-refractivity contribution in [3.05, 3.63) is 53.3 Å². The van der Waals surface area contributed by atoms with E-state index in [0.717, 1.165) is 5.56 Å². The van der Waals surface area contributed by atoms with E-state index in [0.29, 0.717) is 16.7 Å². The van der Waals surface area contributed by atoms with E-state index in [1.54, 1.807) is 31.2 Å². The van der Waals surface area contributed by atoms with Crippen LogP contribution in [0.4, 0.5) is 8.78 Å². The molecule has 104 valence electrons. The Morgan fingerprint density at radius 2 is 1.90 bits per heavy atom. The fourth-order valence-corrected chi connectivity index (χ4v) is 1.88. The number of esters is 1. The monoisotopic (exact) mass is 277 g/mol. The molecule has 1 aromatic heterocycles. The zero-order valence-corrected chi connectivity index (χ0v) is 11.1. The summed E-state index contributed by atoms with van der Waals surface area (Å²) in [7, 11) is 1.30. The van der Waals surface area contributed by atoms with E-state index >= 15 is 0 Å². The van der Waals surface area contributed by atoms with Gasteiger partial charge in [-0.15, -0.1) is 0 Å². The van der Waals surface area contributed by atoms with Crippen LogP contribution in [0, 0.1) is 6.92 Å². The molecular weight excluding hydrogens is 264 g/mol. The number of pyridine rings is 1. The molecule has 0 saturated carbocycles. The summed E-state index contributed by atoms with van der Waals surface area (Å²) in [6.07, 6.45) is -1.30. The van der Waals surface area contributed by atoms with Crippen molar-refractivity contribution < 1.29 is 18.3 Å². The lowest BCUT2D eigenvalue weighted by Gasteiger charge is -2.08. The van der Waals surface area contributed by atoms with Crippen LogP contribution >= 0.6 is 0 Å². The van der Waals surface area contributed by atoms with E-state index in [4.69, 9.17) is 4.74 Å². The van der Waals surface area contributed by atoms with Gasteiger partial charge in [-0.2, -0.15) is 0 Å². The molecule has 2 aromatic rings. The number of aromatic nitrogens is 1. The van der Waals surface area contributed by atoms with Crippen molar-refractivity contribution in [1.29, 1.82) is 0 Å². The van der Waals surface area contributed by atoms with E-state index in [1.807, 2.05) is 0 Å². The van der Waals surface area contributed by atoms with Crippen LogP contribution < -0.4 is 0 Å². The number of carbonyl (C=O) groups is 1. The van der Waals surface area contributed by atoms with E-state index in [1.165, 1.54) is 19.4 Å². The normalized spacial score (nSPS) is 10.7. The fourth-order valence-electron chi connectivity index (χ4n) is 1.88. The van der Waals surface area contributed by atoms with Crippen LogP contribution in [0.3, 0.4) is 0 Å².